The predicted octanol–water partition coefficient (Wildman–Crippen LogP) is 4.00. The second-order valence-corrected chi connectivity index (χ2v) is 5.65. The van der Waals surface area contributed by atoms with Crippen LogP contribution in [0.2, 0.25) is 5.02 Å². The zero-order chi connectivity index (χ0) is 15.2. The molecule has 4 nitrogen and oxygen atoms in total. The third-order valence-electron chi connectivity index (χ3n) is 2.72. The van der Waals surface area contributed by atoms with Gasteiger partial charge in [0.05, 0.1) is 11.6 Å². The van der Waals surface area contributed by atoms with Crippen molar-refractivity contribution in [3.05, 3.63) is 34.3 Å². The molecule has 0 aliphatic carbocycles. The van der Waals surface area contributed by atoms with Crippen LogP contribution in [0.3, 0.4) is 0 Å². The standard InChI is InChI=1S/C15H17ClN2O2S/c1-3-7-20-10-5-6-11(12(16)8-10)15-18-13(9-21-15)14(19)17-4-2/h5-6,8-9H,3-4,7H2,1-2H3,(H,17,19). The van der Waals surface area contributed by atoms with Crippen LogP contribution in [0.4, 0.5) is 0 Å². The van der Waals surface area contributed by atoms with E-state index in [9.17, 15) is 4.79 Å². The van der Waals surface area contributed by atoms with Gasteiger partial charge in [-0.05, 0) is 31.5 Å². The second kappa shape index (κ2) is 7.43. The molecule has 0 aliphatic rings. The third-order valence-corrected chi connectivity index (χ3v) is 3.91. The molecule has 0 unspecified atom stereocenters. The van der Waals surface area contributed by atoms with Crippen molar-refractivity contribution >= 4 is 28.8 Å². The Balaban J connectivity index is 2.20. The highest BCUT2D eigenvalue weighted by Gasteiger charge is 2.13. The first-order valence-corrected chi connectivity index (χ1v) is 8.08. The maximum Gasteiger partial charge on any atom is 0.270 e. The van der Waals surface area contributed by atoms with Gasteiger partial charge in [0.1, 0.15) is 16.5 Å². The van der Waals surface area contributed by atoms with E-state index >= 15 is 0 Å². The predicted molar refractivity (Wildman–Crippen MR) is 86.4 cm³/mol. The van der Waals surface area contributed by atoms with Crippen LogP contribution >= 0.6 is 22.9 Å². The number of hydrogen-bond donors (Lipinski definition) is 1. The maximum absolute atomic E-state index is 11.7. The van der Waals surface area contributed by atoms with Gasteiger partial charge in [-0.2, -0.15) is 0 Å². The summed E-state index contributed by atoms with van der Waals surface area (Å²) in [6.45, 7) is 5.16. The molecule has 1 aromatic carbocycles. The average Bonchev–Trinajstić information content (AvgIpc) is 2.95. The normalized spacial score (nSPS) is 10.4. The molecule has 112 valence electrons. The molecule has 2 rings (SSSR count). The van der Waals surface area contributed by atoms with E-state index in [4.69, 9.17) is 16.3 Å². The van der Waals surface area contributed by atoms with Gasteiger partial charge in [0.15, 0.2) is 0 Å². The number of benzene rings is 1. The van der Waals surface area contributed by atoms with Gasteiger partial charge in [0, 0.05) is 17.5 Å². The number of nitrogens with one attached hydrogen (secondary N) is 1. The minimum Gasteiger partial charge on any atom is -0.494 e. The zero-order valence-electron chi connectivity index (χ0n) is 12.0. The molecule has 0 fully saturated rings. The third kappa shape index (κ3) is 3.95. The number of aromatic nitrogens is 1. The average molecular weight is 325 g/mol. The lowest BCUT2D eigenvalue weighted by Gasteiger charge is -2.06. The van der Waals surface area contributed by atoms with E-state index in [-0.39, 0.29) is 5.91 Å². The van der Waals surface area contributed by atoms with Crippen LogP contribution in [0.25, 0.3) is 10.6 Å². The molecule has 0 atom stereocenters. The van der Waals surface area contributed by atoms with Gasteiger partial charge in [-0.1, -0.05) is 18.5 Å². The van der Waals surface area contributed by atoms with Crippen molar-refractivity contribution in [1.29, 1.82) is 0 Å². The van der Waals surface area contributed by atoms with E-state index in [1.807, 2.05) is 19.1 Å². The SMILES string of the molecule is CCCOc1ccc(-c2nc(C(=O)NCC)cs2)c(Cl)c1. The van der Waals surface area contributed by atoms with Gasteiger partial charge in [0.2, 0.25) is 0 Å². The highest BCUT2D eigenvalue weighted by molar-refractivity contribution is 7.13. The second-order valence-electron chi connectivity index (χ2n) is 4.39. The van der Waals surface area contributed by atoms with Crippen molar-refractivity contribution in [3.63, 3.8) is 0 Å². The van der Waals surface area contributed by atoms with Gasteiger partial charge in [-0.25, -0.2) is 4.98 Å². The molecule has 1 N–H and O–H groups in total. The zero-order valence-corrected chi connectivity index (χ0v) is 13.6. The van der Waals surface area contributed by atoms with Crippen LogP contribution in [0.15, 0.2) is 23.6 Å². The van der Waals surface area contributed by atoms with Crippen LogP contribution < -0.4 is 10.1 Å². The first-order valence-electron chi connectivity index (χ1n) is 6.82. The largest absolute Gasteiger partial charge is 0.494 e. The topological polar surface area (TPSA) is 51.2 Å². The molecule has 1 aromatic heterocycles. The quantitative estimate of drug-likeness (QED) is 0.873. The minimum absolute atomic E-state index is 0.168. The molecule has 0 saturated carbocycles. The number of carbonyl (C=O) groups excluding carboxylic acids is 1. The fourth-order valence-corrected chi connectivity index (χ4v) is 2.89. The summed E-state index contributed by atoms with van der Waals surface area (Å²) in [5, 5.41) is 5.76. The number of hydrogen-bond acceptors (Lipinski definition) is 4. The van der Waals surface area contributed by atoms with Gasteiger partial charge in [0.25, 0.3) is 5.91 Å². The summed E-state index contributed by atoms with van der Waals surface area (Å²) in [5.74, 6) is 0.574. The summed E-state index contributed by atoms with van der Waals surface area (Å²) in [6.07, 6.45) is 0.946. The molecule has 6 heteroatoms. The van der Waals surface area contributed by atoms with Crippen molar-refractivity contribution in [1.82, 2.24) is 10.3 Å². The maximum atomic E-state index is 11.7. The number of nitrogens with zero attached hydrogens (tertiary/aromatic N) is 1. The lowest BCUT2D eigenvalue weighted by molar-refractivity contribution is 0.0951. The Morgan fingerprint density at radius 1 is 1.43 bits per heavy atom. The number of carbonyl (C=O) groups is 1. The summed E-state index contributed by atoms with van der Waals surface area (Å²) in [7, 11) is 0. The fourth-order valence-electron chi connectivity index (χ4n) is 1.73. The number of halogens is 1. The van der Waals surface area contributed by atoms with Crippen LogP contribution in [-0.2, 0) is 0 Å². The summed E-state index contributed by atoms with van der Waals surface area (Å²) < 4.78 is 5.54. The van der Waals surface area contributed by atoms with E-state index in [0.717, 1.165) is 22.7 Å². The lowest BCUT2D eigenvalue weighted by Crippen LogP contribution is -2.22. The number of ether oxygens (including phenoxy) is 1. The van der Waals surface area contributed by atoms with Crippen LogP contribution in [-0.4, -0.2) is 24.0 Å². The van der Waals surface area contributed by atoms with Crippen LogP contribution in [0, 0.1) is 0 Å². The first-order chi connectivity index (χ1) is 10.2. The Hall–Kier alpha value is -1.59. The molecule has 0 spiro atoms. The van der Waals surface area contributed by atoms with Gasteiger partial charge >= 0.3 is 0 Å². The van der Waals surface area contributed by atoms with Crippen molar-refractivity contribution in [2.24, 2.45) is 0 Å². The lowest BCUT2D eigenvalue weighted by atomic mass is 10.2. The van der Waals surface area contributed by atoms with Gasteiger partial charge in [-0.15, -0.1) is 11.3 Å². The van der Waals surface area contributed by atoms with Crippen molar-refractivity contribution in [2.45, 2.75) is 20.3 Å². The first kappa shape index (κ1) is 15.8. The van der Waals surface area contributed by atoms with Crippen molar-refractivity contribution in [3.8, 4) is 16.3 Å². The molecule has 0 saturated heterocycles. The number of thiazole rings is 1. The fraction of sp³-hybridized carbons (Fsp3) is 0.333. The molecule has 1 amide bonds. The number of rotatable bonds is 6. The summed E-state index contributed by atoms with van der Waals surface area (Å²) in [6, 6.07) is 5.51. The molecule has 0 radical (unpaired) electrons. The van der Waals surface area contributed by atoms with E-state index < -0.39 is 0 Å². The molecule has 2 aromatic rings. The molecule has 1 heterocycles. The Bertz CT molecular complexity index is 628. The van der Waals surface area contributed by atoms with Gasteiger partial charge < -0.3 is 10.1 Å². The van der Waals surface area contributed by atoms with Crippen LogP contribution in [0.5, 0.6) is 5.75 Å². The highest BCUT2D eigenvalue weighted by Crippen LogP contribution is 2.33. The Morgan fingerprint density at radius 3 is 2.90 bits per heavy atom. The Labute approximate surface area is 133 Å². The molecule has 21 heavy (non-hydrogen) atoms. The molecular weight excluding hydrogens is 308 g/mol. The van der Waals surface area contributed by atoms with Gasteiger partial charge in [-0.3, -0.25) is 4.79 Å². The molecular formula is C15H17ClN2O2S. The smallest absolute Gasteiger partial charge is 0.270 e. The summed E-state index contributed by atoms with van der Waals surface area (Å²) in [4.78, 5) is 16.1. The van der Waals surface area contributed by atoms with Crippen LogP contribution in [0.1, 0.15) is 30.8 Å². The van der Waals surface area contributed by atoms with Crippen molar-refractivity contribution < 1.29 is 9.53 Å². The highest BCUT2D eigenvalue weighted by atomic mass is 35.5. The summed E-state index contributed by atoms with van der Waals surface area (Å²) >= 11 is 7.68. The minimum atomic E-state index is -0.168. The Morgan fingerprint density at radius 2 is 2.24 bits per heavy atom. The summed E-state index contributed by atoms with van der Waals surface area (Å²) in [5.41, 5.74) is 1.22. The van der Waals surface area contributed by atoms with Crippen molar-refractivity contribution in [2.75, 3.05) is 13.2 Å². The van der Waals surface area contributed by atoms with E-state index in [1.54, 1.807) is 11.4 Å². The molecule has 0 aliphatic heterocycles. The monoisotopic (exact) mass is 324 g/mol. The van der Waals surface area contributed by atoms with E-state index in [0.29, 0.717) is 23.9 Å². The number of amides is 1. The van der Waals surface area contributed by atoms with E-state index in [2.05, 4.69) is 17.2 Å². The Kier molecular flexibility index (Phi) is 5.59. The van der Waals surface area contributed by atoms with E-state index in [1.165, 1.54) is 11.3 Å². The molecule has 0 bridgehead atoms.